The summed E-state index contributed by atoms with van der Waals surface area (Å²) < 4.78 is 10.8. The number of morpholine rings is 1. The van der Waals surface area contributed by atoms with Gasteiger partial charge in [-0.3, -0.25) is 4.90 Å². The van der Waals surface area contributed by atoms with Crippen molar-refractivity contribution in [3.63, 3.8) is 0 Å². The SMILES string of the molecule is CCOc1ccc(Nc2cc(NCCN3CCOCC3)nc(C)n2)cc1. The van der Waals surface area contributed by atoms with Crippen LogP contribution in [0.4, 0.5) is 17.3 Å². The van der Waals surface area contributed by atoms with Crippen molar-refractivity contribution in [2.24, 2.45) is 0 Å². The van der Waals surface area contributed by atoms with Gasteiger partial charge in [-0.1, -0.05) is 0 Å². The Labute approximate surface area is 154 Å². The van der Waals surface area contributed by atoms with E-state index in [2.05, 4.69) is 25.5 Å². The number of anilines is 3. The third kappa shape index (κ3) is 5.57. The van der Waals surface area contributed by atoms with E-state index >= 15 is 0 Å². The lowest BCUT2D eigenvalue weighted by molar-refractivity contribution is 0.0398. The Balaban J connectivity index is 1.56. The van der Waals surface area contributed by atoms with Crippen molar-refractivity contribution in [3.05, 3.63) is 36.2 Å². The van der Waals surface area contributed by atoms with Crippen molar-refractivity contribution >= 4 is 17.3 Å². The number of benzene rings is 1. The van der Waals surface area contributed by atoms with Gasteiger partial charge < -0.3 is 20.1 Å². The van der Waals surface area contributed by atoms with Crippen molar-refractivity contribution in [1.82, 2.24) is 14.9 Å². The second kappa shape index (κ2) is 9.35. The Kier molecular flexibility index (Phi) is 6.62. The smallest absolute Gasteiger partial charge is 0.136 e. The van der Waals surface area contributed by atoms with Crippen molar-refractivity contribution in [2.45, 2.75) is 13.8 Å². The van der Waals surface area contributed by atoms with Gasteiger partial charge in [-0.05, 0) is 38.1 Å². The van der Waals surface area contributed by atoms with Gasteiger partial charge in [-0.2, -0.15) is 0 Å². The Hall–Kier alpha value is -2.38. The highest BCUT2D eigenvalue weighted by Crippen LogP contribution is 2.20. The normalized spacial score (nSPS) is 14.8. The molecule has 0 saturated carbocycles. The van der Waals surface area contributed by atoms with Crippen LogP contribution in [-0.4, -0.2) is 60.9 Å². The van der Waals surface area contributed by atoms with E-state index in [1.165, 1.54) is 0 Å². The zero-order valence-electron chi connectivity index (χ0n) is 15.5. The van der Waals surface area contributed by atoms with Gasteiger partial charge in [0, 0.05) is 37.9 Å². The van der Waals surface area contributed by atoms with E-state index in [0.717, 1.165) is 68.3 Å². The Morgan fingerprint density at radius 1 is 1.12 bits per heavy atom. The zero-order chi connectivity index (χ0) is 18.2. The average molecular weight is 357 g/mol. The molecule has 7 heteroatoms. The van der Waals surface area contributed by atoms with Gasteiger partial charge in [0.2, 0.25) is 0 Å². The molecule has 140 valence electrons. The number of nitrogens with zero attached hydrogens (tertiary/aromatic N) is 3. The summed E-state index contributed by atoms with van der Waals surface area (Å²) in [7, 11) is 0. The molecule has 0 bridgehead atoms. The fourth-order valence-corrected chi connectivity index (χ4v) is 2.84. The number of hydrogen-bond acceptors (Lipinski definition) is 7. The van der Waals surface area contributed by atoms with Crippen LogP contribution in [0.1, 0.15) is 12.7 Å². The molecule has 26 heavy (non-hydrogen) atoms. The van der Waals surface area contributed by atoms with Crippen LogP contribution in [0.3, 0.4) is 0 Å². The van der Waals surface area contributed by atoms with Gasteiger partial charge in [-0.15, -0.1) is 0 Å². The van der Waals surface area contributed by atoms with Crippen LogP contribution in [0.15, 0.2) is 30.3 Å². The van der Waals surface area contributed by atoms with Crippen molar-refractivity contribution in [3.8, 4) is 5.75 Å². The molecule has 1 aromatic heterocycles. The molecule has 1 saturated heterocycles. The Morgan fingerprint density at radius 2 is 1.85 bits per heavy atom. The largest absolute Gasteiger partial charge is 0.494 e. The molecule has 1 fully saturated rings. The molecule has 1 aliphatic heterocycles. The van der Waals surface area contributed by atoms with E-state index in [1.54, 1.807) is 0 Å². The molecule has 2 aromatic rings. The first kappa shape index (κ1) is 18.4. The topological polar surface area (TPSA) is 71.5 Å². The summed E-state index contributed by atoms with van der Waals surface area (Å²) in [5.74, 6) is 3.20. The first-order valence-corrected chi connectivity index (χ1v) is 9.12. The van der Waals surface area contributed by atoms with Crippen LogP contribution in [0, 0.1) is 6.92 Å². The monoisotopic (exact) mass is 357 g/mol. The number of ether oxygens (including phenoxy) is 2. The third-order valence-electron chi connectivity index (χ3n) is 4.11. The van der Waals surface area contributed by atoms with Crippen LogP contribution >= 0.6 is 0 Å². The minimum absolute atomic E-state index is 0.664. The summed E-state index contributed by atoms with van der Waals surface area (Å²) in [5.41, 5.74) is 0.964. The molecular formula is C19H27N5O2. The summed E-state index contributed by atoms with van der Waals surface area (Å²) in [6.45, 7) is 10.00. The molecule has 0 spiro atoms. The van der Waals surface area contributed by atoms with E-state index in [0.29, 0.717) is 6.61 Å². The highest BCUT2D eigenvalue weighted by molar-refractivity contribution is 5.60. The van der Waals surface area contributed by atoms with Gasteiger partial charge in [0.1, 0.15) is 23.2 Å². The fourth-order valence-electron chi connectivity index (χ4n) is 2.84. The van der Waals surface area contributed by atoms with Crippen molar-refractivity contribution in [1.29, 1.82) is 0 Å². The summed E-state index contributed by atoms with van der Waals surface area (Å²) in [6.07, 6.45) is 0. The van der Waals surface area contributed by atoms with E-state index in [9.17, 15) is 0 Å². The number of hydrogen-bond donors (Lipinski definition) is 2. The van der Waals surface area contributed by atoms with Crippen LogP contribution < -0.4 is 15.4 Å². The molecule has 3 rings (SSSR count). The minimum Gasteiger partial charge on any atom is -0.494 e. The lowest BCUT2D eigenvalue weighted by atomic mass is 10.3. The number of aryl methyl sites for hydroxylation is 1. The lowest BCUT2D eigenvalue weighted by Crippen LogP contribution is -2.39. The van der Waals surface area contributed by atoms with E-state index in [1.807, 2.05) is 44.2 Å². The second-order valence-corrected chi connectivity index (χ2v) is 6.15. The number of nitrogens with one attached hydrogen (secondary N) is 2. The minimum atomic E-state index is 0.664. The summed E-state index contributed by atoms with van der Waals surface area (Å²) in [4.78, 5) is 11.3. The first-order valence-electron chi connectivity index (χ1n) is 9.12. The maximum absolute atomic E-state index is 5.47. The highest BCUT2D eigenvalue weighted by atomic mass is 16.5. The predicted molar refractivity (Wildman–Crippen MR) is 103 cm³/mol. The fraction of sp³-hybridized carbons (Fsp3) is 0.474. The van der Waals surface area contributed by atoms with Crippen LogP contribution in [-0.2, 0) is 4.74 Å². The van der Waals surface area contributed by atoms with Crippen molar-refractivity contribution in [2.75, 3.05) is 56.6 Å². The molecule has 7 nitrogen and oxygen atoms in total. The summed E-state index contributed by atoms with van der Waals surface area (Å²) in [6, 6.07) is 9.79. The lowest BCUT2D eigenvalue weighted by Gasteiger charge is -2.26. The third-order valence-corrected chi connectivity index (χ3v) is 4.11. The van der Waals surface area contributed by atoms with Gasteiger partial charge in [0.15, 0.2) is 0 Å². The zero-order valence-corrected chi connectivity index (χ0v) is 15.5. The predicted octanol–water partition coefficient (Wildman–Crippen LogP) is 2.67. The van der Waals surface area contributed by atoms with E-state index in [4.69, 9.17) is 9.47 Å². The maximum atomic E-state index is 5.47. The maximum Gasteiger partial charge on any atom is 0.136 e. The molecule has 1 aromatic carbocycles. The molecular weight excluding hydrogens is 330 g/mol. The highest BCUT2D eigenvalue weighted by Gasteiger charge is 2.09. The quantitative estimate of drug-likeness (QED) is 0.752. The number of rotatable bonds is 8. The molecule has 0 unspecified atom stereocenters. The van der Waals surface area contributed by atoms with E-state index in [-0.39, 0.29) is 0 Å². The van der Waals surface area contributed by atoms with Crippen LogP contribution in [0.25, 0.3) is 0 Å². The van der Waals surface area contributed by atoms with E-state index < -0.39 is 0 Å². The second-order valence-electron chi connectivity index (χ2n) is 6.15. The molecule has 0 atom stereocenters. The molecule has 1 aliphatic rings. The molecule has 2 N–H and O–H groups in total. The number of aromatic nitrogens is 2. The standard InChI is InChI=1S/C19H27N5O2/c1-3-26-17-6-4-16(5-7-17)23-19-14-18(21-15(2)22-19)20-8-9-24-10-12-25-13-11-24/h4-7,14H,3,8-13H2,1-2H3,(H2,20,21,22,23). The molecule has 0 aliphatic carbocycles. The molecule has 0 radical (unpaired) electrons. The Morgan fingerprint density at radius 3 is 2.58 bits per heavy atom. The van der Waals surface area contributed by atoms with Crippen LogP contribution in [0.2, 0.25) is 0 Å². The van der Waals surface area contributed by atoms with Gasteiger partial charge in [0.25, 0.3) is 0 Å². The Bertz CT molecular complexity index is 687. The van der Waals surface area contributed by atoms with Gasteiger partial charge in [0.05, 0.1) is 19.8 Å². The molecule has 0 amide bonds. The summed E-state index contributed by atoms with van der Waals surface area (Å²) in [5, 5.41) is 6.71. The molecule has 2 heterocycles. The van der Waals surface area contributed by atoms with Gasteiger partial charge >= 0.3 is 0 Å². The average Bonchev–Trinajstić information content (AvgIpc) is 2.64. The summed E-state index contributed by atoms with van der Waals surface area (Å²) >= 11 is 0. The first-order chi connectivity index (χ1) is 12.7. The van der Waals surface area contributed by atoms with Crippen molar-refractivity contribution < 1.29 is 9.47 Å². The van der Waals surface area contributed by atoms with Crippen LogP contribution in [0.5, 0.6) is 5.75 Å². The van der Waals surface area contributed by atoms with Gasteiger partial charge in [-0.25, -0.2) is 9.97 Å².